The molecule has 1 atom stereocenters. The second-order valence-corrected chi connectivity index (χ2v) is 6.25. The Hall–Kier alpha value is -2.11. The summed E-state index contributed by atoms with van der Waals surface area (Å²) >= 11 is 0. The molecule has 3 rings (SSSR count). The van der Waals surface area contributed by atoms with E-state index >= 15 is 0 Å². The van der Waals surface area contributed by atoms with Gasteiger partial charge >= 0.3 is 0 Å². The molecule has 0 fully saturated rings. The van der Waals surface area contributed by atoms with Crippen LogP contribution in [-0.2, 0) is 19.3 Å². The van der Waals surface area contributed by atoms with Crippen LogP contribution in [0, 0.1) is 16.7 Å². The highest BCUT2D eigenvalue weighted by Gasteiger charge is 2.51. The Labute approximate surface area is 125 Å². The van der Waals surface area contributed by atoms with Gasteiger partial charge in [-0.2, -0.15) is 5.26 Å². The van der Waals surface area contributed by atoms with E-state index in [0.29, 0.717) is 19.3 Å². The first-order chi connectivity index (χ1) is 10.1. The van der Waals surface area contributed by atoms with Crippen LogP contribution in [0.15, 0.2) is 54.6 Å². The van der Waals surface area contributed by atoms with E-state index in [4.69, 9.17) is 0 Å². The van der Waals surface area contributed by atoms with Gasteiger partial charge in [0.2, 0.25) is 0 Å². The molecule has 0 bridgehead atoms. The monoisotopic (exact) mass is 277 g/mol. The smallest absolute Gasteiger partial charge is 0.0941 e. The fraction of sp³-hybridized carbons (Fsp3) is 0.316. The van der Waals surface area contributed by atoms with Crippen LogP contribution in [0.25, 0.3) is 0 Å². The fourth-order valence-electron chi connectivity index (χ4n) is 3.36. The Morgan fingerprint density at radius 3 is 2.10 bits per heavy atom. The number of hydrogen-bond acceptors (Lipinski definition) is 2. The van der Waals surface area contributed by atoms with Crippen molar-refractivity contribution in [2.45, 2.75) is 31.8 Å². The first kappa shape index (κ1) is 13.9. The number of nitriles is 1. The molecule has 0 aromatic heterocycles. The average molecular weight is 277 g/mol. The van der Waals surface area contributed by atoms with Crippen molar-refractivity contribution >= 4 is 0 Å². The Morgan fingerprint density at radius 2 is 1.57 bits per heavy atom. The van der Waals surface area contributed by atoms with Gasteiger partial charge in [-0.3, -0.25) is 0 Å². The molecule has 2 nitrogen and oxygen atoms in total. The van der Waals surface area contributed by atoms with Crippen LogP contribution in [0.4, 0.5) is 0 Å². The molecule has 1 aliphatic rings. The van der Waals surface area contributed by atoms with Gasteiger partial charge in [0.05, 0.1) is 17.1 Å². The van der Waals surface area contributed by atoms with E-state index < -0.39 is 11.0 Å². The predicted molar refractivity (Wildman–Crippen MR) is 82.7 cm³/mol. The molecule has 0 heterocycles. The van der Waals surface area contributed by atoms with Gasteiger partial charge in [-0.05, 0) is 36.5 Å². The maximum atomic E-state index is 11.1. The second-order valence-electron chi connectivity index (χ2n) is 6.25. The van der Waals surface area contributed by atoms with Crippen molar-refractivity contribution in [2.75, 3.05) is 0 Å². The SMILES string of the molecule is CC(O)(Cc1ccccc1)C1(C#N)Cc2ccccc2C1. The minimum atomic E-state index is -1.05. The lowest BCUT2D eigenvalue weighted by Crippen LogP contribution is -2.47. The van der Waals surface area contributed by atoms with Gasteiger partial charge < -0.3 is 5.11 Å². The van der Waals surface area contributed by atoms with Crippen LogP contribution in [-0.4, -0.2) is 10.7 Å². The number of aliphatic hydroxyl groups is 1. The van der Waals surface area contributed by atoms with E-state index in [9.17, 15) is 10.4 Å². The minimum Gasteiger partial charge on any atom is -0.388 e. The molecule has 0 saturated heterocycles. The highest BCUT2D eigenvalue weighted by atomic mass is 16.3. The lowest BCUT2D eigenvalue weighted by Gasteiger charge is -2.37. The zero-order chi connectivity index (χ0) is 14.9. The van der Waals surface area contributed by atoms with E-state index in [0.717, 1.165) is 5.56 Å². The van der Waals surface area contributed by atoms with Gasteiger partial charge in [0.1, 0.15) is 0 Å². The van der Waals surface area contributed by atoms with Crippen LogP contribution in [0.5, 0.6) is 0 Å². The summed E-state index contributed by atoms with van der Waals surface area (Å²) in [6, 6.07) is 20.5. The highest BCUT2D eigenvalue weighted by molar-refractivity contribution is 5.39. The molecule has 0 saturated carbocycles. The van der Waals surface area contributed by atoms with Crippen LogP contribution >= 0.6 is 0 Å². The summed E-state index contributed by atoms with van der Waals surface area (Å²) in [6.45, 7) is 1.80. The summed E-state index contributed by atoms with van der Waals surface area (Å²) in [5, 5.41) is 20.9. The summed E-state index contributed by atoms with van der Waals surface area (Å²) in [7, 11) is 0. The normalized spacial score (nSPS) is 18.5. The van der Waals surface area contributed by atoms with Crippen LogP contribution < -0.4 is 0 Å². The molecule has 1 unspecified atom stereocenters. The molecule has 21 heavy (non-hydrogen) atoms. The van der Waals surface area contributed by atoms with Gasteiger partial charge in [-0.1, -0.05) is 54.6 Å². The Balaban J connectivity index is 1.92. The Kier molecular flexibility index (Phi) is 3.31. The molecule has 1 aliphatic carbocycles. The van der Waals surface area contributed by atoms with Crippen LogP contribution in [0.3, 0.4) is 0 Å². The quantitative estimate of drug-likeness (QED) is 0.935. The lowest BCUT2D eigenvalue weighted by molar-refractivity contribution is -0.0342. The molecule has 106 valence electrons. The zero-order valence-electron chi connectivity index (χ0n) is 12.2. The summed E-state index contributed by atoms with van der Waals surface area (Å²) in [4.78, 5) is 0. The molecule has 2 aromatic rings. The van der Waals surface area contributed by atoms with E-state index in [2.05, 4.69) is 18.2 Å². The highest BCUT2D eigenvalue weighted by Crippen LogP contribution is 2.45. The van der Waals surface area contributed by atoms with Gasteiger partial charge in [-0.25, -0.2) is 0 Å². The number of benzene rings is 2. The van der Waals surface area contributed by atoms with E-state index in [1.165, 1.54) is 11.1 Å². The predicted octanol–water partition coefficient (Wildman–Crippen LogP) is 3.29. The molecule has 0 radical (unpaired) electrons. The first-order valence-corrected chi connectivity index (χ1v) is 7.31. The van der Waals surface area contributed by atoms with Crippen molar-refractivity contribution in [3.05, 3.63) is 71.3 Å². The molecule has 0 aliphatic heterocycles. The standard InChI is InChI=1S/C19H19NO/c1-18(21,11-15-7-3-2-4-8-15)19(14-20)12-16-9-5-6-10-17(16)13-19/h2-10,21H,11-13H2,1H3. The topological polar surface area (TPSA) is 44.0 Å². The van der Waals surface area contributed by atoms with Gasteiger partial charge in [0.25, 0.3) is 0 Å². The Bertz CT molecular complexity index is 657. The van der Waals surface area contributed by atoms with Crippen molar-refractivity contribution in [1.29, 1.82) is 5.26 Å². The summed E-state index contributed by atoms with van der Waals surface area (Å²) < 4.78 is 0. The van der Waals surface area contributed by atoms with E-state index in [-0.39, 0.29) is 0 Å². The lowest BCUT2D eigenvalue weighted by atomic mass is 9.69. The molecular weight excluding hydrogens is 258 g/mol. The maximum Gasteiger partial charge on any atom is 0.0941 e. The third-order valence-corrected chi connectivity index (χ3v) is 4.74. The second kappa shape index (κ2) is 5.02. The number of rotatable bonds is 3. The molecule has 1 N–H and O–H groups in total. The fourth-order valence-corrected chi connectivity index (χ4v) is 3.36. The van der Waals surface area contributed by atoms with Gasteiger partial charge in [0.15, 0.2) is 0 Å². The molecule has 0 amide bonds. The average Bonchev–Trinajstić information content (AvgIpc) is 2.88. The first-order valence-electron chi connectivity index (χ1n) is 7.31. The minimum absolute atomic E-state index is 0.495. The number of hydrogen-bond donors (Lipinski definition) is 1. The van der Waals surface area contributed by atoms with Crippen molar-refractivity contribution in [3.8, 4) is 6.07 Å². The van der Waals surface area contributed by atoms with Crippen molar-refractivity contribution in [2.24, 2.45) is 5.41 Å². The van der Waals surface area contributed by atoms with Crippen LogP contribution in [0.2, 0.25) is 0 Å². The van der Waals surface area contributed by atoms with E-state index in [1.807, 2.05) is 42.5 Å². The summed E-state index contributed by atoms with van der Waals surface area (Å²) in [5.41, 5.74) is 1.64. The summed E-state index contributed by atoms with van der Waals surface area (Å²) in [5.74, 6) is 0. The largest absolute Gasteiger partial charge is 0.388 e. The van der Waals surface area contributed by atoms with Gasteiger partial charge in [-0.15, -0.1) is 0 Å². The summed E-state index contributed by atoms with van der Waals surface area (Å²) in [6.07, 6.45) is 1.74. The molecule has 2 heteroatoms. The van der Waals surface area contributed by atoms with Crippen LogP contribution in [0.1, 0.15) is 23.6 Å². The zero-order valence-corrected chi connectivity index (χ0v) is 12.2. The number of fused-ring (bicyclic) bond motifs is 1. The van der Waals surface area contributed by atoms with Gasteiger partial charge in [0, 0.05) is 6.42 Å². The third kappa shape index (κ3) is 2.34. The molecule has 2 aromatic carbocycles. The maximum absolute atomic E-state index is 11.1. The third-order valence-electron chi connectivity index (χ3n) is 4.74. The van der Waals surface area contributed by atoms with Crippen molar-refractivity contribution in [3.63, 3.8) is 0 Å². The Morgan fingerprint density at radius 1 is 1.05 bits per heavy atom. The molecule has 0 spiro atoms. The van der Waals surface area contributed by atoms with E-state index in [1.54, 1.807) is 6.92 Å². The molecular formula is C19H19NO. The van der Waals surface area contributed by atoms with Crippen molar-refractivity contribution < 1.29 is 5.11 Å². The van der Waals surface area contributed by atoms with Crippen molar-refractivity contribution in [1.82, 2.24) is 0 Å². The number of nitrogens with zero attached hydrogens (tertiary/aromatic N) is 1.